The fraction of sp³-hybridized carbons (Fsp3) is 0.750. The van der Waals surface area contributed by atoms with Crippen LogP contribution < -0.4 is 0 Å². The molecule has 1 N–H and O–H groups in total. The van der Waals surface area contributed by atoms with Crippen LogP contribution in [0.4, 0.5) is 0 Å². The van der Waals surface area contributed by atoms with Crippen LogP contribution in [-0.2, 0) is 23.1 Å². The second-order valence-electron chi connectivity index (χ2n) is 3.05. The van der Waals surface area contributed by atoms with E-state index in [4.69, 9.17) is 5.53 Å². The van der Waals surface area contributed by atoms with E-state index in [1.807, 2.05) is 0 Å². The van der Waals surface area contributed by atoms with Gasteiger partial charge in [0, 0.05) is 14.2 Å². The Bertz CT molecular complexity index is 379. The van der Waals surface area contributed by atoms with E-state index in [9.17, 15) is 14.5 Å². The molecule has 1 unspecified atom stereocenters. The van der Waals surface area contributed by atoms with Crippen LogP contribution >= 0.6 is 7.60 Å². The van der Waals surface area contributed by atoms with E-state index >= 15 is 0 Å². The zero-order valence-corrected chi connectivity index (χ0v) is 10.9. The Morgan fingerprint density at radius 1 is 1.47 bits per heavy atom. The number of aliphatic hydroxyl groups is 1. The lowest BCUT2D eigenvalue weighted by atomic mass is 10.2. The molecule has 0 fully saturated rings. The van der Waals surface area contributed by atoms with Crippen molar-refractivity contribution in [3.05, 3.63) is 5.53 Å². The molecule has 0 aromatic heterocycles. The largest absolute Gasteiger partial charge is 0.457 e. The smallest absolute Gasteiger partial charge is 0.420 e. The van der Waals surface area contributed by atoms with E-state index in [-0.39, 0.29) is 6.61 Å². The SMILES string of the molecule is CCOC(=O)C(=[N+]=[N-])C(C)(O)P(=O)(OC)OC. The zero-order valence-electron chi connectivity index (χ0n) is 10.0. The molecule has 0 heterocycles. The third-order valence-corrected chi connectivity index (χ3v) is 4.27. The molecule has 0 aromatic rings. The van der Waals surface area contributed by atoms with Gasteiger partial charge in [-0.2, -0.15) is 4.79 Å². The molecule has 0 radical (unpaired) electrons. The predicted octanol–water partition coefficient (Wildman–Crippen LogP) is 0.415. The Morgan fingerprint density at radius 3 is 2.24 bits per heavy atom. The van der Waals surface area contributed by atoms with Crippen LogP contribution in [0.3, 0.4) is 0 Å². The molecule has 0 rings (SSSR count). The Hall–Kier alpha value is -1.04. The van der Waals surface area contributed by atoms with Crippen LogP contribution in [0.1, 0.15) is 13.8 Å². The highest BCUT2D eigenvalue weighted by Gasteiger charge is 2.58. The zero-order chi connectivity index (χ0) is 13.7. The number of rotatable bonds is 6. The lowest BCUT2D eigenvalue weighted by Crippen LogP contribution is -2.42. The highest BCUT2D eigenvalue weighted by Crippen LogP contribution is 2.57. The molecule has 8 nitrogen and oxygen atoms in total. The average Bonchev–Trinajstić information content (AvgIpc) is 2.28. The molecular formula is C8H15N2O6P. The van der Waals surface area contributed by atoms with Gasteiger partial charge in [0.05, 0.1) is 6.61 Å². The van der Waals surface area contributed by atoms with Gasteiger partial charge in [-0.05, 0) is 13.8 Å². The maximum absolute atomic E-state index is 12.0. The van der Waals surface area contributed by atoms with Gasteiger partial charge in [-0.1, -0.05) is 0 Å². The molecule has 0 aromatic carbocycles. The van der Waals surface area contributed by atoms with Gasteiger partial charge in [0.15, 0.2) is 0 Å². The summed E-state index contributed by atoms with van der Waals surface area (Å²) in [6, 6.07) is 0. The molecule has 1 atom stereocenters. The fourth-order valence-corrected chi connectivity index (χ4v) is 2.34. The first-order chi connectivity index (χ1) is 7.80. The van der Waals surface area contributed by atoms with Crippen molar-refractivity contribution in [2.24, 2.45) is 0 Å². The molecule has 0 bridgehead atoms. The topological polar surface area (TPSA) is 118 Å². The summed E-state index contributed by atoms with van der Waals surface area (Å²) in [6.07, 6.45) is 0. The highest BCUT2D eigenvalue weighted by atomic mass is 31.2. The molecule has 98 valence electrons. The van der Waals surface area contributed by atoms with Crippen LogP contribution in [0.2, 0.25) is 0 Å². The van der Waals surface area contributed by atoms with Crippen molar-refractivity contribution in [1.82, 2.24) is 0 Å². The molecule has 0 saturated carbocycles. The van der Waals surface area contributed by atoms with Crippen molar-refractivity contribution in [2.75, 3.05) is 20.8 Å². The van der Waals surface area contributed by atoms with Gasteiger partial charge in [-0.15, -0.1) is 0 Å². The molecule has 0 aliphatic heterocycles. The average molecular weight is 266 g/mol. The van der Waals surface area contributed by atoms with Gasteiger partial charge in [0.25, 0.3) is 5.34 Å². The minimum atomic E-state index is -4.07. The molecule has 0 aliphatic rings. The standard InChI is InChI=1S/C8H15N2O6P/c1-5-16-7(11)6(10-9)8(2,12)17(13,14-3)15-4/h12H,5H2,1-4H3. The van der Waals surface area contributed by atoms with Crippen molar-refractivity contribution in [2.45, 2.75) is 19.2 Å². The molecule has 0 saturated heterocycles. The van der Waals surface area contributed by atoms with Crippen LogP contribution in [0, 0.1) is 0 Å². The molecule has 0 spiro atoms. The van der Waals surface area contributed by atoms with E-state index in [1.54, 1.807) is 0 Å². The summed E-state index contributed by atoms with van der Waals surface area (Å²) < 4.78 is 25.6. The predicted molar refractivity (Wildman–Crippen MR) is 57.5 cm³/mol. The molecule has 17 heavy (non-hydrogen) atoms. The van der Waals surface area contributed by atoms with Gasteiger partial charge in [-0.25, -0.2) is 4.79 Å². The molecule has 9 heteroatoms. The highest BCUT2D eigenvalue weighted by molar-refractivity contribution is 7.56. The second-order valence-corrected chi connectivity index (χ2v) is 5.65. The number of carbonyl (C=O) groups is 1. The Labute approximate surface area is 98.6 Å². The summed E-state index contributed by atoms with van der Waals surface area (Å²) in [5.41, 5.74) is 7.85. The van der Waals surface area contributed by atoms with Crippen molar-refractivity contribution < 1.29 is 33.0 Å². The maximum Gasteiger partial charge on any atom is 0.420 e. The second kappa shape index (κ2) is 6.05. The van der Waals surface area contributed by atoms with Gasteiger partial charge >= 0.3 is 19.3 Å². The van der Waals surface area contributed by atoms with Crippen molar-refractivity contribution in [1.29, 1.82) is 0 Å². The first-order valence-corrected chi connectivity index (χ1v) is 6.18. The monoisotopic (exact) mass is 266 g/mol. The first-order valence-electron chi connectivity index (χ1n) is 4.64. The number of nitrogens with zero attached hydrogens (tertiary/aromatic N) is 2. The summed E-state index contributed by atoms with van der Waals surface area (Å²) in [7, 11) is -2.02. The molecular weight excluding hydrogens is 251 g/mol. The number of esters is 1. The lowest BCUT2D eigenvalue weighted by Gasteiger charge is -2.24. The Kier molecular flexibility index (Phi) is 5.68. The molecule has 0 amide bonds. The third-order valence-electron chi connectivity index (χ3n) is 2.03. The molecule has 0 aliphatic carbocycles. The number of hydrogen-bond donors (Lipinski definition) is 1. The van der Waals surface area contributed by atoms with E-state index in [0.29, 0.717) is 0 Å². The van der Waals surface area contributed by atoms with Crippen molar-refractivity contribution in [3.8, 4) is 0 Å². The summed E-state index contributed by atoms with van der Waals surface area (Å²) in [5, 5.41) is 7.57. The van der Waals surface area contributed by atoms with Crippen molar-refractivity contribution >= 4 is 19.3 Å². The third kappa shape index (κ3) is 3.00. The summed E-state index contributed by atoms with van der Waals surface area (Å²) in [4.78, 5) is 14.0. The normalized spacial score (nSPS) is 14.6. The summed E-state index contributed by atoms with van der Waals surface area (Å²) >= 11 is 0. The van der Waals surface area contributed by atoms with Crippen LogP contribution in [-0.4, -0.2) is 47.7 Å². The summed E-state index contributed by atoms with van der Waals surface area (Å²) in [5.74, 6) is -1.12. The lowest BCUT2D eigenvalue weighted by molar-refractivity contribution is -0.142. The number of ether oxygens (including phenoxy) is 1. The van der Waals surface area contributed by atoms with E-state index < -0.39 is 24.6 Å². The maximum atomic E-state index is 12.0. The van der Waals surface area contributed by atoms with Crippen LogP contribution in [0.5, 0.6) is 0 Å². The number of hydrogen-bond acceptors (Lipinski definition) is 6. The quantitative estimate of drug-likeness (QED) is 0.244. The fourth-order valence-electron chi connectivity index (χ4n) is 1.09. The Balaban J connectivity index is 5.50. The Morgan fingerprint density at radius 2 is 1.94 bits per heavy atom. The van der Waals surface area contributed by atoms with Gasteiger partial charge in [0.1, 0.15) is 0 Å². The van der Waals surface area contributed by atoms with E-state index in [1.165, 1.54) is 6.92 Å². The minimum Gasteiger partial charge on any atom is -0.457 e. The summed E-state index contributed by atoms with van der Waals surface area (Å²) in [6.45, 7) is 2.48. The minimum absolute atomic E-state index is 0.00179. The number of carbonyl (C=O) groups excluding carboxylic acids is 1. The van der Waals surface area contributed by atoms with Gasteiger partial charge < -0.3 is 24.4 Å². The van der Waals surface area contributed by atoms with Crippen LogP contribution in [0.15, 0.2) is 0 Å². The van der Waals surface area contributed by atoms with Gasteiger partial charge in [-0.3, -0.25) is 4.57 Å². The van der Waals surface area contributed by atoms with Gasteiger partial charge in [0.2, 0.25) is 0 Å². The van der Waals surface area contributed by atoms with E-state index in [0.717, 1.165) is 21.1 Å². The van der Waals surface area contributed by atoms with Crippen molar-refractivity contribution in [3.63, 3.8) is 0 Å². The first kappa shape index (κ1) is 16.0. The van der Waals surface area contributed by atoms with Crippen LogP contribution in [0.25, 0.3) is 5.53 Å². The van der Waals surface area contributed by atoms with E-state index in [2.05, 4.69) is 18.6 Å².